The molecule has 1 N–H and O–H groups in total. The largest absolute Gasteiger partial charge is 0.370 e. The molecule has 1 saturated heterocycles. The monoisotopic (exact) mass is 280 g/mol. The summed E-state index contributed by atoms with van der Waals surface area (Å²) in [5.41, 5.74) is 1.77. The van der Waals surface area contributed by atoms with Crippen LogP contribution in [-0.4, -0.2) is 25.2 Å². The number of rotatable bonds is 1. The van der Waals surface area contributed by atoms with Crippen molar-refractivity contribution in [1.29, 1.82) is 0 Å². The lowest BCUT2D eigenvalue weighted by Crippen LogP contribution is -2.49. The molecule has 2 aromatic rings. The van der Waals surface area contributed by atoms with Crippen LogP contribution in [-0.2, 0) is 0 Å². The summed E-state index contributed by atoms with van der Waals surface area (Å²) in [5.74, 6) is 0. The molecular weight excluding hydrogens is 256 g/mol. The minimum atomic E-state index is 0.377. The normalized spacial score (nSPS) is 21.8. The van der Waals surface area contributed by atoms with Gasteiger partial charge in [-0.2, -0.15) is 0 Å². The molecule has 0 amide bonds. The first-order valence-corrected chi connectivity index (χ1v) is 8.34. The fraction of sp³-hybridized carbons (Fsp3) is 0.474. The van der Waals surface area contributed by atoms with Crippen LogP contribution in [0, 0.1) is 0 Å². The van der Waals surface area contributed by atoms with E-state index >= 15 is 0 Å². The van der Waals surface area contributed by atoms with Crippen LogP contribution in [0.15, 0.2) is 42.5 Å². The van der Waals surface area contributed by atoms with Crippen LogP contribution < -0.4 is 10.2 Å². The molecule has 21 heavy (non-hydrogen) atoms. The van der Waals surface area contributed by atoms with E-state index in [9.17, 15) is 0 Å². The lowest BCUT2D eigenvalue weighted by molar-refractivity contribution is 0.354. The van der Waals surface area contributed by atoms with Crippen molar-refractivity contribution >= 4 is 16.5 Å². The second-order valence-electron chi connectivity index (χ2n) is 6.72. The van der Waals surface area contributed by atoms with Gasteiger partial charge >= 0.3 is 0 Å². The molecule has 4 rings (SSSR count). The molecule has 0 aromatic heterocycles. The van der Waals surface area contributed by atoms with Crippen LogP contribution in [0.4, 0.5) is 5.69 Å². The van der Waals surface area contributed by atoms with Crippen molar-refractivity contribution in [2.75, 3.05) is 24.5 Å². The third-order valence-corrected chi connectivity index (χ3v) is 5.26. The third kappa shape index (κ3) is 2.53. The summed E-state index contributed by atoms with van der Waals surface area (Å²) in [7, 11) is 0. The maximum atomic E-state index is 3.85. The summed E-state index contributed by atoms with van der Waals surface area (Å²) in [6, 6.07) is 15.6. The second-order valence-corrected chi connectivity index (χ2v) is 6.72. The molecule has 0 unspecified atom stereocenters. The minimum absolute atomic E-state index is 0.377. The lowest BCUT2D eigenvalue weighted by Gasteiger charge is -2.34. The summed E-state index contributed by atoms with van der Waals surface area (Å²) >= 11 is 0. The predicted octanol–water partition coefficient (Wildman–Crippen LogP) is 3.95. The van der Waals surface area contributed by atoms with Gasteiger partial charge in [0.05, 0.1) is 0 Å². The fourth-order valence-electron chi connectivity index (χ4n) is 4.10. The molecule has 1 aliphatic carbocycles. The van der Waals surface area contributed by atoms with Gasteiger partial charge in [0.15, 0.2) is 0 Å². The number of nitrogens with one attached hydrogen (secondary N) is 1. The van der Waals surface area contributed by atoms with Gasteiger partial charge in [0.1, 0.15) is 0 Å². The highest BCUT2D eigenvalue weighted by molar-refractivity contribution is 5.85. The van der Waals surface area contributed by atoms with Crippen molar-refractivity contribution in [2.24, 2.45) is 0 Å². The average Bonchev–Trinajstić information content (AvgIpc) is 2.87. The highest BCUT2D eigenvalue weighted by Crippen LogP contribution is 2.33. The first-order valence-electron chi connectivity index (χ1n) is 8.34. The van der Waals surface area contributed by atoms with Crippen molar-refractivity contribution < 1.29 is 0 Å². The Bertz CT molecular complexity index is 628. The summed E-state index contributed by atoms with van der Waals surface area (Å²) in [6.45, 7) is 3.52. The Hall–Kier alpha value is -1.54. The van der Waals surface area contributed by atoms with E-state index in [1.54, 1.807) is 0 Å². The molecule has 110 valence electrons. The second kappa shape index (κ2) is 5.34. The van der Waals surface area contributed by atoms with Gasteiger partial charge in [-0.05, 0) is 48.7 Å². The van der Waals surface area contributed by atoms with E-state index < -0.39 is 0 Å². The molecule has 1 spiro atoms. The smallest absolute Gasteiger partial charge is 0.0373 e. The zero-order valence-corrected chi connectivity index (χ0v) is 12.6. The number of hydrogen-bond acceptors (Lipinski definition) is 2. The molecule has 0 radical (unpaired) electrons. The van der Waals surface area contributed by atoms with Crippen molar-refractivity contribution in [3.63, 3.8) is 0 Å². The first-order chi connectivity index (χ1) is 10.3. The Balaban J connectivity index is 1.66. The van der Waals surface area contributed by atoms with Crippen molar-refractivity contribution in [3.05, 3.63) is 42.5 Å². The molecule has 2 heteroatoms. The van der Waals surface area contributed by atoms with Crippen LogP contribution >= 0.6 is 0 Å². The first kappa shape index (κ1) is 13.1. The zero-order chi connectivity index (χ0) is 14.1. The Morgan fingerprint density at radius 2 is 1.71 bits per heavy atom. The van der Waals surface area contributed by atoms with Gasteiger partial charge in [0.25, 0.3) is 0 Å². The number of fused-ring (bicyclic) bond motifs is 1. The SMILES string of the molecule is c1ccc2cc(N3CCCNC4(CCCC4)C3)ccc2c1. The summed E-state index contributed by atoms with van der Waals surface area (Å²) < 4.78 is 0. The average molecular weight is 280 g/mol. The number of benzene rings is 2. The van der Waals surface area contributed by atoms with Crippen molar-refractivity contribution in [1.82, 2.24) is 5.32 Å². The van der Waals surface area contributed by atoms with Gasteiger partial charge in [0.2, 0.25) is 0 Å². The molecular formula is C19H24N2. The summed E-state index contributed by atoms with van der Waals surface area (Å²) in [4.78, 5) is 2.61. The van der Waals surface area contributed by atoms with Crippen LogP contribution in [0.1, 0.15) is 32.1 Å². The van der Waals surface area contributed by atoms with Crippen LogP contribution in [0.2, 0.25) is 0 Å². The van der Waals surface area contributed by atoms with Gasteiger partial charge < -0.3 is 10.2 Å². The Kier molecular flexibility index (Phi) is 3.34. The molecule has 2 nitrogen and oxygen atoms in total. The number of anilines is 1. The molecule has 1 aliphatic heterocycles. The van der Waals surface area contributed by atoms with Crippen LogP contribution in [0.25, 0.3) is 10.8 Å². The molecule has 1 heterocycles. The fourth-order valence-corrected chi connectivity index (χ4v) is 4.10. The van der Waals surface area contributed by atoms with Crippen LogP contribution in [0.5, 0.6) is 0 Å². The predicted molar refractivity (Wildman–Crippen MR) is 90.0 cm³/mol. The Morgan fingerprint density at radius 3 is 2.57 bits per heavy atom. The van der Waals surface area contributed by atoms with E-state index in [1.165, 1.54) is 68.2 Å². The Labute approximate surface area is 127 Å². The van der Waals surface area contributed by atoms with Gasteiger partial charge in [-0.1, -0.05) is 43.2 Å². The van der Waals surface area contributed by atoms with Crippen molar-refractivity contribution in [2.45, 2.75) is 37.6 Å². The minimum Gasteiger partial charge on any atom is -0.370 e. The standard InChI is InChI=1S/C19H24N2/c1-2-7-17-14-18(9-8-16(17)6-1)21-13-5-12-20-19(15-21)10-3-4-11-19/h1-2,6-9,14,20H,3-5,10-13,15H2. The quantitative estimate of drug-likeness (QED) is 0.851. The lowest BCUT2D eigenvalue weighted by atomic mass is 9.97. The molecule has 2 fully saturated rings. The topological polar surface area (TPSA) is 15.3 Å². The molecule has 2 aromatic carbocycles. The number of hydrogen-bond donors (Lipinski definition) is 1. The maximum absolute atomic E-state index is 3.85. The van der Waals surface area contributed by atoms with E-state index in [4.69, 9.17) is 0 Å². The van der Waals surface area contributed by atoms with Gasteiger partial charge in [0, 0.05) is 24.3 Å². The van der Waals surface area contributed by atoms with Gasteiger partial charge in [-0.25, -0.2) is 0 Å². The van der Waals surface area contributed by atoms with E-state index in [0.29, 0.717) is 5.54 Å². The Morgan fingerprint density at radius 1 is 0.905 bits per heavy atom. The van der Waals surface area contributed by atoms with E-state index in [0.717, 1.165) is 0 Å². The summed E-state index contributed by atoms with van der Waals surface area (Å²) in [6.07, 6.45) is 6.71. The van der Waals surface area contributed by atoms with Gasteiger partial charge in [-0.3, -0.25) is 0 Å². The molecule has 1 saturated carbocycles. The van der Waals surface area contributed by atoms with E-state index in [1.807, 2.05) is 0 Å². The molecule has 0 atom stereocenters. The molecule has 2 aliphatic rings. The van der Waals surface area contributed by atoms with E-state index in [2.05, 4.69) is 52.7 Å². The summed E-state index contributed by atoms with van der Waals surface area (Å²) in [5, 5.41) is 6.54. The zero-order valence-electron chi connectivity index (χ0n) is 12.6. The van der Waals surface area contributed by atoms with Crippen LogP contribution in [0.3, 0.4) is 0 Å². The third-order valence-electron chi connectivity index (χ3n) is 5.26. The number of nitrogens with zero attached hydrogens (tertiary/aromatic N) is 1. The highest BCUT2D eigenvalue weighted by Gasteiger charge is 2.36. The maximum Gasteiger partial charge on any atom is 0.0373 e. The molecule has 0 bridgehead atoms. The highest BCUT2D eigenvalue weighted by atomic mass is 15.2. The van der Waals surface area contributed by atoms with Crippen molar-refractivity contribution in [3.8, 4) is 0 Å². The van der Waals surface area contributed by atoms with E-state index in [-0.39, 0.29) is 0 Å². The van der Waals surface area contributed by atoms with Gasteiger partial charge in [-0.15, -0.1) is 0 Å².